The van der Waals surface area contributed by atoms with E-state index in [9.17, 15) is 4.79 Å². The maximum atomic E-state index is 10.7. The van der Waals surface area contributed by atoms with Crippen molar-refractivity contribution in [2.24, 2.45) is 11.5 Å². The van der Waals surface area contributed by atoms with Crippen molar-refractivity contribution in [3.63, 3.8) is 0 Å². The van der Waals surface area contributed by atoms with Crippen molar-refractivity contribution in [2.45, 2.75) is 32.2 Å². The van der Waals surface area contributed by atoms with E-state index in [-0.39, 0.29) is 6.61 Å². The van der Waals surface area contributed by atoms with Crippen molar-refractivity contribution in [1.29, 1.82) is 0 Å². The summed E-state index contributed by atoms with van der Waals surface area (Å²) in [6, 6.07) is 7.06. The standard InChI is InChI=1S/C13H20N2O2/c1-3-9(2)10-4-6-11(7-5-10)17-8-12(14)13(15)16/h4-7,9,12H,3,8,14H2,1-2H3,(H2,15,16). The van der Waals surface area contributed by atoms with Gasteiger partial charge in [-0.1, -0.05) is 26.0 Å². The van der Waals surface area contributed by atoms with Crippen molar-refractivity contribution in [3.05, 3.63) is 29.8 Å². The molecule has 0 fully saturated rings. The molecule has 0 aliphatic carbocycles. The van der Waals surface area contributed by atoms with Crippen LogP contribution in [0.4, 0.5) is 0 Å². The minimum Gasteiger partial charge on any atom is -0.491 e. The molecule has 94 valence electrons. The molecule has 1 amide bonds. The van der Waals surface area contributed by atoms with Gasteiger partial charge in [-0.25, -0.2) is 0 Å². The Kier molecular flexibility index (Phi) is 4.97. The average molecular weight is 236 g/mol. The Morgan fingerprint density at radius 3 is 2.41 bits per heavy atom. The SMILES string of the molecule is CCC(C)c1ccc(OCC(N)C(N)=O)cc1. The molecule has 0 aliphatic rings. The monoisotopic (exact) mass is 236 g/mol. The predicted octanol–water partition coefficient (Wildman–Crippen LogP) is 1.39. The van der Waals surface area contributed by atoms with Crippen LogP contribution in [0.15, 0.2) is 24.3 Å². The molecule has 4 heteroatoms. The number of hydrogen-bond acceptors (Lipinski definition) is 3. The number of nitrogens with two attached hydrogens (primary N) is 2. The first-order valence-corrected chi connectivity index (χ1v) is 5.82. The lowest BCUT2D eigenvalue weighted by molar-refractivity contribution is -0.119. The van der Waals surface area contributed by atoms with E-state index in [0.717, 1.165) is 6.42 Å². The molecule has 0 aromatic heterocycles. The molecule has 0 heterocycles. The van der Waals surface area contributed by atoms with Crippen LogP contribution in [0.1, 0.15) is 31.7 Å². The van der Waals surface area contributed by atoms with E-state index < -0.39 is 11.9 Å². The van der Waals surface area contributed by atoms with Gasteiger partial charge in [0.1, 0.15) is 18.4 Å². The average Bonchev–Trinajstić information content (AvgIpc) is 2.35. The highest BCUT2D eigenvalue weighted by molar-refractivity contribution is 5.79. The highest BCUT2D eigenvalue weighted by Gasteiger charge is 2.09. The molecule has 1 rings (SSSR count). The Morgan fingerprint density at radius 1 is 1.35 bits per heavy atom. The summed E-state index contributed by atoms with van der Waals surface area (Å²) in [5.74, 6) is 0.687. The van der Waals surface area contributed by atoms with Crippen molar-refractivity contribution in [1.82, 2.24) is 0 Å². The van der Waals surface area contributed by atoms with Crippen LogP contribution in [-0.4, -0.2) is 18.6 Å². The Bertz CT molecular complexity index is 362. The quantitative estimate of drug-likeness (QED) is 0.783. The first-order valence-electron chi connectivity index (χ1n) is 5.82. The lowest BCUT2D eigenvalue weighted by Gasteiger charge is -2.12. The topological polar surface area (TPSA) is 78.3 Å². The first kappa shape index (κ1) is 13.5. The molecular formula is C13H20N2O2. The summed E-state index contributed by atoms with van der Waals surface area (Å²) in [4.78, 5) is 10.7. The van der Waals surface area contributed by atoms with E-state index in [1.54, 1.807) is 0 Å². The smallest absolute Gasteiger partial charge is 0.237 e. The van der Waals surface area contributed by atoms with Gasteiger partial charge in [-0.05, 0) is 30.0 Å². The van der Waals surface area contributed by atoms with Gasteiger partial charge in [0, 0.05) is 0 Å². The van der Waals surface area contributed by atoms with Crippen LogP contribution in [0.3, 0.4) is 0 Å². The van der Waals surface area contributed by atoms with Crippen LogP contribution >= 0.6 is 0 Å². The third kappa shape index (κ3) is 4.07. The molecule has 0 bridgehead atoms. The van der Waals surface area contributed by atoms with Crippen LogP contribution in [0, 0.1) is 0 Å². The summed E-state index contributed by atoms with van der Waals surface area (Å²) in [7, 11) is 0. The molecule has 0 saturated heterocycles. The Hall–Kier alpha value is -1.55. The maximum Gasteiger partial charge on any atom is 0.237 e. The largest absolute Gasteiger partial charge is 0.491 e. The number of benzene rings is 1. The molecule has 0 saturated carbocycles. The third-order valence-corrected chi connectivity index (χ3v) is 2.86. The van der Waals surface area contributed by atoms with Gasteiger partial charge >= 0.3 is 0 Å². The summed E-state index contributed by atoms with van der Waals surface area (Å²) in [5.41, 5.74) is 11.8. The van der Waals surface area contributed by atoms with E-state index in [4.69, 9.17) is 16.2 Å². The fraction of sp³-hybridized carbons (Fsp3) is 0.462. The number of hydrogen-bond donors (Lipinski definition) is 2. The lowest BCUT2D eigenvalue weighted by atomic mass is 9.99. The van der Waals surface area contributed by atoms with Crippen LogP contribution in [0.25, 0.3) is 0 Å². The molecule has 1 aromatic carbocycles. The van der Waals surface area contributed by atoms with Crippen molar-refractivity contribution in [3.8, 4) is 5.75 Å². The summed E-state index contributed by atoms with van der Waals surface area (Å²) in [6.45, 7) is 4.44. The van der Waals surface area contributed by atoms with E-state index in [1.807, 2.05) is 24.3 Å². The summed E-state index contributed by atoms with van der Waals surface area (Å²) in [6.07, 6.45) is 1.10. The zero-order valence-electron chi connectivity index (χ0n) is 10.3. The van der Waals surface area contributed by atoms with E-state index in [1.165, 1.54) is 5.56 Å². The molecule has 0 spiro atoms. The van der Waals surface area contributed by atoms with Crippen LogP contribution < -0.4 is 16.2 Å². The van der Waals surface area contributed by atoms with E-state index in [0.29, 0.717) is 11.7 Å². The molecule has 0 radical (unpaired) electrons. The molecular weight excluding hydrogens is 216 g/mol. The summed E-state index contributed by atoms with van der Waals surface area (Å²) < 4.78 is 5.37. The Morgan fingerprint density at radius 2 is 1.94 bits per heavy atom. The summed E-state index contributed by atoms with van der Waals surface area (Å²) >= 11 is 0. The minimum atomic E-state index is -0.760. The Labute approximate surface area is 102 Å². The highest BCUT2D eigenvalue weighted by Crippen LogP contribution is 2.21. The number of rotatable bonds is 6. The van der Waals surface area contributed by atoms with Crippen molar-refractivity contribution >= 4 is 5.91 Å². The Balaban J connectivity index is 2.54. The predicted molar refractivity (Wildman–Crippen MR) is 67.8 cm³/mol. The lowest BCUT2D eigenvalue weighted by Crippen LogP contribution is -2.41. The number of carbonyl (C=O) groups excluding carboxylic acids is 1. The molecule has 0 aliphatic heterocycles. The molecule has 2 atom stereocenters. The zero-order chi connectivity index (χ0) is 12.8. The summed E-state index contributed by atoms with van der Waals surface area (Å²) in [5, 5.41) is 0. The van der Waals surface area contributed by atoms with Crippen LogP contribution in [0.5, 0.6) is 5.75 Å². The van der Waals surface area contributed by atoms with Gasteiger partial charge in [0.25, 0.3) is 0 Å². The molecule has 2 unspecified atom stereocenters. The zero-order valence-corrected chi connectivity index (χ0v) is 10.3. The van der Waals surface area contributed by atoms with Gasteiger partial charge in [0.15, 0.2) is 0 Å². The second kappa shape index (κ2) is 6.25. The van der Waals surface area contributed by atoms with Gasteiger partial charge in [0.2, 0.25) is 5.91 Å². The highest BCUT2D eigenvalue weighted by atomic mass is 16.5. The van der Waals surface area contributed by atoms with Gasteiger partial charge in [-0.15, -0.1) is 0 Å². The van der Waals surface area contributed by atoms with Crippen molar-refractivity contribution in [2.75, 3.05) is 6.61 Å². The molecule has 4 nitrogen and oxygen atoms in total. The first-order chi connectivity index (χ1) is 8.04. The van der Waals surface area contributed by atoms with E-state index >= 15 is 0 Å². The van der Waals surface area contributed by atoms with Crippen LogP contribution in [0.2, 0.25) is 0 Å². The maximum absolute atomic E-state index is 10.7. The number of ether oxygens (including phenoxy) is 1. The van der Waals surface area contributed by atoms with Crippen LogP contribution in [-0.2, 0) is 4.79 Å². The number of amides is 1. The van der Waals surface area contributed by atoms with Crippen molar-refractivity contribution < 1.29 is 9.53 Å². The van der Waals surface area contributed by atoms with Gasteiger partial charge in [-0.2, -0.15) is 0 Å². The second-order valence-corrected chi connectivity index (χ2v) is 4.20. The fourth-order valence-electron chi connectivity index (χ4n) is 1.40. The fourth-order valence-corrected chi connectivity index (χ4v) is 1.40. The minimum absolute atomic E-state index is 0.109. The van der Waals surface area contributed by atoms with Gasteiger partial charge in [-0.3, -0.25) is 4.79 Å². The van der Waals surface area contributed by atoms with Gasteiger partial charge < -0.3 is 16.2 Å². The van der Waals surface area contributed by atoms with E-state index in [2.05, 4.69) is 13.8 Å². The number of carbonyl (C=O) groups is 1. The second-order valence-electron chi connectivity index (χ2n) is 4.20. The molecule has 17 heavy (non-hydrogen) atoms. The third-order valence-electron chi connectivity index (χ3n) is 2.86. The van der Waals surface area contributed by atoms with Gasteiger partial charge in [0.05, 0.1) is 0 Å². The normalized spacial score (nSPS) is 14.1. The number of primary amides is 1. The molecule has 1 aromatic rings. The molecule has 4 N–H and O–H groups in total.